The molecule has 138 valence electrons. The molecule has 1 rings (SSSR count). The number of guanidine groups is 1. The molecule has 7 heteroatoms. The molecule has 24 heavy (non-hydrogen) atoms. The summed E-state index contributed by atoms with van der Waals surface area (Å²) in [6.45, 7) is 9.83. The highest BCUT2D eigenvalue weighted by molar-refractivity contribution is 14.0. The number of methoxy groups -OCH3 is 1. The number of nitrogens with one attached hydrogen (secondary N) is 2. The maximum atomic E-state index is 9.34. The van der Waals surface area contributed by atoms with Gasteiger partial charge in [0.05, 0.1) is 20.3 Å². The minimum atomic E-state index is -0.251. The number of ether oxygens (including phenoxy) is 2. The molecular weight excluding hydrogens is 421 g/mol. The van der Waals surface area contributed by atoms with Crippen LogP contribution in [0.2, 0.25) is 0 Å². The third-order valence-electron chi connectivity index (χ3n) is 3.16. The molecule has 0 aliphatic carbocycles. The van der Waals surface area contributed by atoms with E-state index in [0.29, 0.717) is 30.6 Å². The fourth-order valence-corrected chi connectivity index (χ4v) is 1.81. The predicted molar refractivity (Wildman–Crippen MR) is 110 cm³/mol. The smallest absolute Gasteiger partial charge is 0.195 e. The Morgan fingerprint density at radius 1 is 1.25 bits per heavy atom. The van der Waals surface area contributed by atoms with Gasteiger partial charge in [-0.2, -0.15) is 0 Å². The van der Waals surface area contributed by atoms with Gasteiger partial charge >= 0.3 is 0 Å². The zero-order valence-corrected chi connectivity index (χ0v) is 17.5. The van der Waals surface area contributed by atoms with Crippen molar-refractivity contribution < 1.29 is 14.6 Å². The SMILES string of the molecule is CCNC(=NCC(C)(C)CO)Nc1ccc(OCC)c(OC)c1.I. The number of halogens is 1. The Morgan fingerprint density at radius 2 is 1.96 bits per heavy atom. The van der Waals surface area contributed by atoms with E-state index in [0.717, 1.165) is 12.2 Å². The van der Waals surface area contributed by atoms with Crippen LogP contribution in [0.4, 0.5) is 5.69 Å². The van der Waals surface area contributed by atoms with Gasteiger partial charge in [0, 0.05) is 30.3 Å². The van der Waals surface area contributed by atoms with Gasteiger partial charge in [0.25, 0.3) is 0 Å². The van der Waals surface area contributed by atoms with Crippen molar-refractivity contribution in [3.63, 3.8) is 0 Å². The number of hydrogen-bond donors (Lipinski definition) is 3. The summed E-state index contributed by atoms with van der Waals surface area (Å²) in [5, 5.41) is 15.8. The molecule has 3 N–H and O–H groups in total. The van der Waals surface area contributed by atoms with Gasteiger partial charge in [-0.05, 0) is 26.0 Å². The molecule has 0 amide bonds. The molecule has 0 radical (unpaired) electrons. The summed E-state index contributed by atoms with van der Waals surface area (Å²) >= 11 is 0. The summed E-state index contributed by atoms with van der Waals surface area (Å²) in [4.78, 5) is 4.53. The first kappa shape index (κ1) is 22.8. The molecule has 0 heterocycles. The number of aliphatic hydroxyl groups is 1. The highest BCUT2D eigenvalue weighted by Gasteiger charge is 2.16. The van der Waals surface area contributed by atoms with Crippen LogP contribution in [-0.4, -0.2) is 44.5 Å². The Labute approximate surface area is 162 Å². The molecule has 0 saturated heterocycles. The fourth-order valence-electron chi connectivity index (χ4n) is 1.81. The van der Waals surface area contributed by atoms with Crippen LogP contribution in [0.5, 0.6) is 11.5 Å². The van der Waals surface area contributed by atoms with E-state index >= 15 is 0 Å². The topological polar surface area (TPSA) is 75.1 Å². The van der Waals surface area contributed by atoms with Crippen molar-refractivity contribution in [2.45, 2.75) is 27.7 Å². The first-order valence-electron chi connectivity index (χ1n) is 7.92. The fraction of sp³-hybridized carbons (Fsp3) is 0.588. The summed E-state index contributed by atoms with van der Waals surface area (Å²) in [6, 6.07) is 5.65. The van der Waals surface area contributed by atoms with Crippen molar-refractivity contribution >= 4 is 35.6 Å². The van der Waals surface area contributed by atoms with Gasteiger partial charge in [-0.3, -0.25) is 4.99 Å². The second-order valence-corrected chi connectivity index (χ2v) is 5.94. The number of rotatable bonds is 8. The van der Waals surface area contributed by atoms with E-state index in [1.165, 1.54) is 0 Å². The molecule has 1 aromatic rings. The molecule has 6 nitrogen and oxygen atoms in total. The number of aliphatic hydroxyl groups excluding tert-OH is 1. The molecular formula is C17H30IN3O3. The third kappa shape index (κ3) is 7.57. The van der Waals surface area contributed by atoms with Crippen LogP contribution in [0.15, 0.2) is 23.2 Å². The minimum Gasteiger partial charge on any atom is -0.493 e. The van der Waals surface area contributed by atoms with E-state index in [1.807, 2.05) is 45.9 Å². The number of hydrogen-bond acceptors (Lipinski definition) is 4. The second-order valence-electron chi connectivity index (χ2n) is 5.94. The van der Waals surface area contributed by atoms with Crippen LogP contribution < -0.4 is 20.1 Å². The van der Waals surface area contributed by atoms with Crippen molar-refractivity contribution in [2.24, 2.45) is 10.4 Å². The van der Waals surface area contributed by atoms with Crippen LogP contribution >= 0.6 is 24.0 Å². The summed E-state index contributed by atoms with van der Waals surface area (Å²) in [6.07, 6.45) is 0. The summed E-state index contributed by atoms with van der Waals surface area (Å²) in [5.74, 6) is 2.05. The van der Waals surface area contributed by atoms with Crippen LogP contribution in [0.1, 0.15) is 27.7 Å². The lowest BCUT2D eigenvalue weighted by Gasteiger charge is -2.20. The zero-order valence-electron chi connectivity index (χ0n) is 15.2. The summed E-state index contributed by atoms with van der Waals surface area (Å²) in [7, 11) is 1.62. The standard InChI is InChI=1S/C17H29N3O3.HI/c1-6-18-16(19-11-17(3,4)12-21)20-13-8-9-14(23-7-2)15(10-13)22-5;/h8-10,21H,6-7,11-12H2,1-5H3,(H2,18,19,20);1H. The van der Waals surface area contributed by atoms with Gasteiger partial charge in [0.1, 0.15) is 0 Å². The van der Waals surface area contributed by atoms with Gasteiger partial charge in [-0.1, -0.05) is 13.8 Å². The van der Waals surface area contributed by atoms with Crippen molar-refractivity contribution in [2.75, 3.05) is 38.7 Å². The highest BCUT2D eigenvalue weighted by Crippen LogP contribution is 2.30. The molecule has 0 unspecified atom stereocenters. The summed E-state index contributed by atoms with van der Waals surface area (Å²) < 4.78 is 10.9. The average Bonchev–Trinajstić information content (AvgIpc) is 2.54. The second kappa shape index (κ2) is 11.4. The molecule has 0 spiro atoms. The number of benzene rings is 1. The van der Waals surface area contributed by atoms with Crippen LogP contribution in [0, 0.1) is 5.41 Å². The maximum Gasteiger partial charge on any atom is 0.195 e. The number of aliphatic imine (C=N–C) groups is 1. The Balaban J connectivity index is 0.00000529. The van der Waals surface area contributed by atoms with Crippen molar-refractivity contribution in [3.8, 4) is 11.5 Å². The molecule has 0 aliphatic rings. The van der Waals surface area contributed by atoms with Gasteiger partial charge in [-0.25, -0.2) is 0 Å². The lowest BCUT2D eigenvalue weighted by atomic mass is 9.95. The molecule has 0 fully saturated rings. The quantitative estimate of drug-likeness (QED) is 0.322. The minimum absolute atomic E-state index is 0. The van der Waals surface area contributed by atoms with Gasteiger partial charge in [0.2, 0.25) is 0 Å². The molecule has 1 aromatic carbocycles. The Kier molecular flexibility index (Phi) is 10.8. The predicted octanol–water partition coefficient (Wildman–Crippen LogP) is 3.11. The van der Waals surface area contributed by atoms with E-state index in [1.54, 1.807) is 7.11 Å². The van der Waals surface area contributed by atoms with E-state index < -0.39 is 0 Å². The lowest BCUT2D eigenvalue weighted by Crippen LogP contribution is -2.32. The lowest BCUT2D eigenvalue weighted by molar-refractivity contribution is 0.167. The van der Waals surface area contributed by atoms with E-state index in [4.69, 9.17) is 9.47 Å². The maximum absolute atomic E-state index is 9.34. The molecule has 0 aromatic heterocycles. The molecule has 0 saturated carbocycles. The Hall–Kier alpha value is -1.22. The monoisotopic (exact) mass is 451 g/mol. The van der Waals surface area contributed by atoms with E-state index in [-0.39, 0.29) is 36.0 Å². The van der Waals surface area contributed by atoms with E-state index in [2.05, 4.69) is 15.6 Å². The van der Waals surface area contributed by atoms with Gasteiger partial charge in [0.15, 0.2) is 17.5 Å². The van der Waals surface area contributed by atoms with Crippen LogP contribution in [-0.2, 0) is 0 Å². The van der Waals surface area contributed by atoms with Crippen molar-refractivity contribution in [1.29, 1.82) is 0 Å². The highest BCUT2D eigenvalue weighted by atomic mass is 127. The zero-order chi connectivity index (χ0) is 17.3. The number of nitrogens with zero attached hydrogens (tertiary/aromatic N) is 1. The molecule has 0 aliphatic heterocycles. The summed E-state index contributed by atoms with van der Waals surface area (Å²) in [5.41, 5.74) is 0.602. The Morgan fingerprint density at radius 3 is 2.50 bits per heavy atom. The first-order valence-corrected chi connectivity index (χ1v) is 7.92. The van der Waals surface area contributed by atoms with Crippen LogP contribution in [0.3, 0.4) is 0 Å². The third-order valence-corrected chi connectivity index (χ3v) is 3.16. The van der Waals surface area contributed by atoms with Crippen molar-refractivity contribution in [3.05, 3.63) is 18.2 Å². The van der Waals surface area contributed by atoms with Gasteiger partial charge < -0.3 is 25.2 Å². The molecule has 0 bridgehead atoms. The molecule has 0 atom stereocenters. The number of anilines is 1. The first-order chi connectivity index (χ1) is 11.0. The largest absolute Gasteiger partial charge is 0.493 e. The van der Waals surface area contributed by atoms with Gasteiger partial charge in [-0.15, -0.1) is 24.0 Å². The average molecular weight is 451 g/mol. The van der Waals surface area contributed by atoms with Crippen LogP contribution in [0.25, 0.3) is 0 Å². The normalized spacial score (nSPS) is 11.5. The Bertz CT molecular complexity index is 522. The van der Waals surface area contributed by atoms with E-state index in [9.17, 15) is 5.11 Å². The van der Waals surface area contributed by atoms with Crippen molar-refractivity contribution in [1.82, 2.24) is 5.32 Å².